The van der Waals surface area contributed by atoms with Gasteiger partial charge in [0.2, 0.25) is 0 Å². The van der Waals surface area contributed by atoms with Gasteiger partial charge < -0.3 is 19.9 Å². The van der Waals surface area contributed by atoms with Crippen LogP contribution < -0.4 is 15.4 Å². The monoisotopic (exact) mass is 408 g/mol. The molecule has 8 heteroatoms. The molecule has 158 valence electrons. The fourth-order valence-corrected chi connectivity index (χ4v) is 2.76. The molecule has 0 spiro atoms. The predicted octanol–water partition coefficient (Wildman–Crippen LogP) is 3.01. The molecule has 30 heavy (non-hydrogen) atoms. The van der Waals surface area contributed by atoms with E-state index < -0.39 is 0 Å². The molecule has 1 atom stereocenters. The molecule has 2 N–H and O–H groups in total. The highest BCUT2D eigenvalue weighted by Gasteiger charge is 2.10. The Morgan fingerprint density at radius 2 is 2.10 bits per heavy atom. The molecular weight excluding hydrogens is 380 g/mol. The van der Waals surface area contributed by atoms with Crippen molar-refractivity contribution in [3.8, 4) is 17.3 Å². The van der Waals surface area contributed by atoms with Crippen LogP contribution in [0.4, 0.5) is 0 Å². The summed E-state index contributed by atoms with van der Waals surface area (Å²) in [6.07, 6.45) is 2.26. The van der Waals surface area contributed by atoms with Crippen molar-refractivity contribution < 1.29 is 9.26 Å². The van der Waals surface area contributed by atoms with E-state index in [0.717, 1.165) is 18.3 Å². The number of nitrogens with one attached hydrogen (secondary N) is 2. The van der Waals surface area contributed by atoms with Gasteiger partial charge in [0.25, 0.3) is 5.89 Å². The van der Waals surface area contributed by atoms with E-state index in [9.17, 15) is 0 Å². The number of hydrogen-bond acceptors (Lipinski definition) is 6. The van der Waals surface area contributed by atoms with Crippen LogP contribution in [-0.4, -0.2) is 46.8 Å². The lowest BCUT2D eigenvalue weighted by molar-refractivity contribution is 0.230. The number of aryl methyl sites for hydroxylation is 1. The molecule has 0 saturated heterocycles. The minimum Gasteiger partial charge on any atom is -0.489 e. The van der Waals surface area contributed by atoms with Gasteiger partial charge >= 0.3 is 0 Å². The summed E-state index contributed by atoms with van der Waals surface area (Å²) in [5.74, 6) is 2.63. The predicted molar refractivity (Wildman–Crippen MR) is 116 cm³/mol. The van der Waals surface area contributed by atoms with Gasteiger partial charge in [0.15, 0.2) is 11.8 Å². The smallest absolute Gasteiger partial charge is 0.276 e. The number of pyridine rings is 1. The molecule has 0 aliphatic heterocycles. The van der Waals surface area contributed by atoms with E-state index in [1.807, 2.05) is 63.2 Å². The number of rotatable bonds is 9. The lowest BCUT2D eigenvalue weighted by Gasteiger charge is -2.15. The van der Waals surface area contributed by atoms with E-state index in [4.69, 9.17) is 9.26 Å². The van der Waals surface area contributed by atoms with Crippen molar-refractivity contribution in [2.45, 2.75) is 33.3 Å². The van der Waals surface area contributed by atoms with Crippen LogP contribution in [0.2, 0.25) is 0 Å². The zero-order valence-electron chi connectivity index (χ0n) is 17.6. The first-order chi connectivity index (χ1) is 14.6. The fraction of sp³-hybridized carbons (Fsp3) is 0.364. The Hall–Kier alpha value is -3.42. The molecule has 8 nitrogen and oxygen atoms in total. The summed E-state index contributed by atoms with van der Waals surface area (Å²) in [4.78, 5) is 13.2. The maximum Gasteiger partial charge on any atom is 0.276 e. The summed E-state index contributed by atoms with van der Waals surface area (Å²) in [5, 5.41) is 10.5. The van der Waals surface area contributed by atoms with Gasteiger partial charge in [-0.15, -0.1) is 0 Å². The van der Waals surface area contributed by atoms with Crippen LogP contribution in [0.25, 0.3) is 11.6 Å². The van der Waals surface area contributed by atoms with E-state index in [1.165, 1.54) is 5.56 Å². The summed E-state index contributed by atoms with van der Waals surface area (Å²) in [5.41, 5.74) is 1.84. The van der Waals surface area contributed by atoms with Crippen molar-refractivity contribution in [3.63, 3.8) is 0 Å². The Labute approximate surface area is 176 Å². The Bertz CT molecular complexity index is 942. The van der Waals surface area contributed by atoms with E-state index in [0.29, 0.717) is 36.9 Å². The van der Waals surface area contributed by atoms with Crippen LogP contribution in [0.15, 0.2) is 58.2 Å². The second-order valence-corrected chi connectivity index (χ2v) is 6.87. The van der Waals surface area contributed by atoms with Gasteiger partial charge in [0.1, 0.15) is 17.5 Å². The minimum atomic E-state index is -0.0413. The number of hydrogen-bond donors (Lipinski definition) is 2. The van der Waals surface area contributed by atoms with Crippen molar-refractivity contribution in [2.75, 3.05) is 19.6 Å². The maximum absolute atomic E-state index is 5.94. The molecule has 0 bridgehead atoms. The third-order valence-corrected chi connectivity index (χ3v) is 4.17. The Kier molecular flexibility index (Phi) is 7.77. The van der Waals surface area contributed by atoms with Crippen LogP contribution in [0.5, 0.6) is 5.75 Å². The Morgan fingerprint density at radius 1 is 1.20 bits per heavy atom. The number of aromatic nitrogens is 3. The molecule has 1 aromatic carbocycles. The zero-order valence-corrected chi connectivity index (χ0v) is 17.6. The molecule has 3 aromatic rings. The van der Waals surface area contributed by atoms with Crippen molar-refractivity contribution in [1.29, 1.82) is 0 Å². The molecule has 2 heterocycles. The molecule has 0 amide bonds. The lowest BCUT2D eigenvalue weighted by Crippen LogP contribution is -2.39. The fourth-order valence-electron chi connectivity index (χ4n) is 2.76. The van der Waals surface area contributed by atoms with E-state index >= 15 is 0 Å². The number of ether oxygens (including phenoxy) is 1. The summed E-state index contributed by atoms with van der Waals surface area (Å²) in [7, 11) is 0. The molecule has 2 aromatic heterocycles. The quantitative estimate of drug-likeness (QED) is 0.415. The largest absolute Gasteiger partial charge is 0.489 e. The second-order valence-electron chi connectivity index (χ2n) is 6.87. The molecular formula is C22H28N6O2. The molecule has 0 saturated carbocycles. The first-order valence-corrected chi connectivity index (χ1v) is 10.1. The highest BCUT2D eigenvalue weighted by Crippen LogP contribution is 2.14. The molecule has 0 radical (unpaired) electrons. The molecule has 0 fully saturated rings. The highest BCUT2D eigenvalue weighted by atomic mass is 16.5. The number of guanidine groups is 1. The summed E-state index contributed by atoms with van der Waals surface area (Å²) >= 11 is 0. The first kappa shape index (κ1) is 21.3. The zero-order chi connectivity index (χ0) is 21.2. The molecule has 0 aliphatic rings. The standard InChI is InChI=1S/C22H28N6O2/c1-4-23-22(26-15-17(3)29-18-9-7-8-16(2)14-18)25-13-11-20-27-21(30-28-20)19-10-5-6-12-24-19/h5-10,12,14,17H,4,11,13,15H2,1-3H3,(H2,23,25,26). The van der Waals surface area contributed by atoms with Crippen molar-refractivity contribution in [1.82, 2.24) is 25.8 Å². The lowest BCUT2D eigenvalue weighted by atomic mass is 10.2. The van der Waals surface area contributed by atoms with Gasteiger partial charge in [0, 0.05) is 25.7 Å². The average Bonchev–Trinajstić information content (AvgIpc) is 3.22. The third-order valence-electron chi connectivity index (χ3n) is 4.17. The van der Waals surface area contributed by atoms with Gasteiger partial charge in [-0.25, -0.2) is 4.99 Å². The topological polar surface area (TPSA) is 97.5 Å². The van der Waals surface area contributed by atoms with E-state index in [1.54, 1.807) is 6.20 Å². The van der Waals surface area contributed by atoms with Crippen LogP contribution in [0, 0.1) is 6.92 Å². The van der Waals surface area contributed by atoms with Crippen LogP contribution in [0.3, 0.4) is 0 Å². The SMILES string of the molecule is CCNC(=NCC(C)Oc1cccc(C)c1)NCCc1noc(-c2ccccn2)n1. The average molecular weight is 409 g/mol. The van der Waals surface area contributed by atoms with Crippen LogP contribution in [-0.2, 0) is 6.42 Å². The molecule has 1 unspecified atom stereocenters. The summed E-state index contributed by atoms with van der Waals surface area (Å²) in [6, 6.07) is 13.6. The van der Waals surface area contributed by atoms with Crippen LogP contribution >= 0.6 is 0 Å². The van der Waals surface area contributed by atoms with Crippen molar-refractivity contribution in [2.24, 2.45) is 4.99 Å². The van der Waals surface area contributed by atoms with Gasteiger partial charge in [-0.1, -0.05) is 23.4 Å². The normalized spacial score (nSPS) is 12.4. The first-order valence-electron chi connectivity index (χ1n) is 10.1. The number of aliphatic imine (C=N–C) groups is 1. The van der Waals surface area contributed by atoms with Crippen LogP contribution in [0.1, 0.15) is 25.2 Å². The number of benzene rings is 1. The third kappa shape index (κ3) is 6.58. The van der Waals surface area contributed by atoms with Gasteiger partial charge in [-0.3, -0.25) is 4.98 Å². The van der Waals surface area contributed by atoms with Crippen molar-refractivity contribution >= 4 is 5.96 Å². The van der Waals surface area contributed by atoms with Gasteiger partial charge in [0.05, 0.1) is 6.54 Å². The molecule has 3 rings (SSSR count). The number of nitrogens with zero attached hydrogens (tertiary/aromatic N) is 4. The highest BCUT2D eigenvalue weighted by molar-refractivity contribution is 5.79. The second kappa shape index (κ2) is 10.9. The Morgan fingerprint density at radius 3 is 2.87 bits per heavy atom. The maximum atomic E-state index is 5.94. The van der Waals surface area contributed by atoms with E-state index in [2.05, 4.69) is 30.8 Å². The minimum absolute atomic E-state index is 0.0413. The Balaban J connectivity index is 1.48. The van der Waals surface area contributed by atoms with Gasteiger partial charge in [-0.2, -0.15) is 4.98 Å². The van der Waals surface area contributed by atoms with Crippen molar-refractivity contribution in [3.05, 3.63) is 60.0 Å². The van der Waals surface area contributed by atoms with E-state index in [-0.39, 0.29) is 6.10 Å². The van der Waals surface area contributed by atoms with Gasteiger partial charge in [-0.05, 0) is 50.6 Å². The summed E-state index contributed by atoms with van der Waals surface area (Å²) in [6.45, 7) is 8.02. The molecule has 0 aliphatic carbocycles. The summed E-state index contributed by atoms with van der Waals surface area (Å²) < 4.78 is 11.2.